The van der Waals surface area contributed by atoms with E-state index in [2.05, 4.69) is 48.7 Å². The van der Waals surface area contributed by atoms with Crippen molar-refractivity contribution >= 4 is 23.7 Å². The molecule has 0 aliphatic carbocycles. The van der Waals surface area contributed by atoms with Crippen LogP contribution in [0.1, 0.15) is 37.5 Å². The molecule has 276 valence electrons. The van der Waals surface area contributed by atoms with Gasteiger partial charge in [0.25, 0.3) is 0 Å². The molecule has 12 heteroatoms. The number of hydrogen-bond acceptors (Lipinski definition) is 9. The molecule has 3 unspecified atom stereocenters. The predicted molar refractivity (Wildman–Crippen MR) is 220 cm³/mol. The van der Waals surface area contributed by atoms with Crippen LogP contribution in [0.4, 0.5) is 0 Å². The smallest absolute Gasteiger partial charge is 0.415 e. The zero-order valence-corrected chi connectivity index (χ0v) is 33.1. The molecule has 2 N–H and O–H groups in total. The van der Waals surface area contributed by atoms with Gasteiger partial charge in [0.2, 0.25) is 0 Å². The van der Waals surface area contributed by atoms with Crippen LogP contribution in [0.15, 0.2) is 168 Å². The molecule has 1 aliphatic heterocycles. The molecule has 3 atom stereocenters. The van der Waals surface area contributed by atoms with Crippen molar-refractivity contribution in [2.24, 2.45) is 4.52 Å². The normalized spacial score (nSPS) is 20.6. The summed E-state index contributed by atoms with van der Waals surface area (Å²) in [5.41, 5.74) is 3.27. The van der Waals surface area contributed by atoms with Gasteiger partial charge in [-0.05, 0) is 109 Å². The van der Waals surface area contributed by atoms with Crippen LogP contribution in [0.2, 0.25) is 0 Å². The molecule has 7 rings (SSSR count). The third kappa shape index (κ3) is 9.43. The van der Waals surface area contributed by atoms with Crippen LogP contribution >= 0.6 is 23.7 Å². The number of para-hydroxylation sites is 3. The lowest BCUT2D eigenvalue weighted by Gasteiger charge is -2.34. The topological polar surface area (TPSA) is 91.8 Å². The first-order valence-electron chi connectivity index (χ1n) is 18.0. The second-order valence-corrected chi connectivity index (χ2v) is 19.0. The maximum Gasteiger partial charge on any atom is 0.617 e. The molecular weight excluding hydrogens is 735 g/mol. The highest BCUT2D eigenvalue weighted by Crippen LogP contribution is 2.79. The van der Waals surface area contributed by atoms with Crippen LogP contribution in [-0.2, 0) is 19.3 Å². The lowest BCUT2D eigenvalue weighted by Crippen LogP contribution is -2.41. The fraction of sp³-hybridized carbons (Fsp3) is 0.143. The van der Waals surface area contributed by atoms with Crippen LogP contribution in [-0.4, -0.2) is 0 Å². The Hall–Kier alpha value is -4.87. The molecule has 0 bridgehead atoms. The van der Waals surface area contributed by atoms with Gasteiger partial charge in [-0.1, -0.05) is 112 Å². The molecule has 0 amide bonds. The van der Waals surface area contributed by atoms with Crippen molar-refractivity contribution in [2.45, 2.75) is 40.0 Å². The zero-order valence-electron chi connectivity index (χ0n) is 30.4. The summed E-state index contributed by atoms with van der Waals surface area (Å²) in [6.45, 7) is 6.30. The molecule has 0 saturated carbocycles. The van der Waals surface area contributed by atoms with Crippen LogP contribution in [0, 0.1) is 0 Å². The average Bonchev–Trinajstić information content (AvgIpc) is 3.19. The highest BCUT2D eigenvalue weighted by atomic mass is 31.3. The van der Waals surface area contributed by atoms with E-state index >= 15 is 0 Å². The van der Waals surface area contributed by atoms with Gasteiger partial charge in [0.05, 0.1) is 4.52 Å². The minimum atomic E-state index is -3.78. The lowest BCUT2D eigenvalue weighted by atomic mass is 10.2. The standard InChI is InChI=1S/C42H44N3O6P3/c1-4-34-19-16-28-40(31-34)49-52(46-37-22-10-7-11-23-37)43-53(47-38-24-12-8-13-25-38,50-41-29-17-20-35(5-2)32-41)45-54(44-52,48-39-26-14-9-15-27-39)51-42-30-18-21-36(6-3)33-42/h7-33,43-44H,4-6H2,1-3H3/q+2. The van der Waals surface area contributed by atoms with Crippen molar-refractivity contribution in [3.05, 3.63) is 180 Å². The minimum absolute atomic E-state index is 0.521. The Morgan fingerprint density at radius 1 is 0.444 bits per heavy atom. The Morgan fingerprint density at radius 3 is 1.37 bits per heavy atom. The fourth-order valence-electron chi connectivity index (χ4n) is 5.62. The Morgan fingerprint density at radius 2 is 0.833 bits per heavy atom. The van der Waals surface area contributed by atoms with E-state index in [1.165, 1.54) is 0 Å². The van der Waals surface area contributed by atoms with Gasteiger partial charge >= 0.3 is 23.7 Å². The third-order valence-electron chi connectivity index (χ3n) is 8.29. The molecule has 0 radical (unpaired) electrons. The summed E-state index contributed by atoms with van der Waals surface area (Å²) in [7, 11) is -11.3. The molecule has 1 heterocycles. The number of benzene rings is 6. The van der Waals surface area contributed by atoms with Crippen molar-refractivity contribution in [1.29, 1.82) is 0 Å². The minimum Gasteiger partial charge on any atom is -0.415 e. The summed E-state index contributed by atoms with van der Waals surface area (Å²) in [6.07, 6.45) is 2.43. The van der Waals surface area contributed by atoms with Crippen LogP contribution < -0.4 is 36.9 Å². The monoisotopic (exact) mass is 779 g/mol. The van der Waals surface area contributed by atoms with Crippen LogP contribution in [0.5, 0.6) is 34.5 Å². The molecule has 0 spiro atoms. The van der Waals surface area contributed by atoms with Gasteiger partial charge in [-0.2, -0.15) is 0 Å². The maximum atomic E-state index is 7.08. The summed E-state index contributed by atoms with van der Waals surface area (Å²) in [4.78, 5) is 7.24. The van der Waals surface area contributed by atoms with Crippen LogP contribution in [0.3, 0.4) is 0 Å². The number of nitrogens with one attached hydrogen (secondary N) is 2. The zero-order chi connectivity index (χ0) is 37.3. The Balaban J connectivity index is 1.50. The fourth-order valence-corrected chi connectivity index (χ4v) is 15.6. The maximum absolute atomic E-state index is 7.08. The predicted octanol–water partition coefficient (Wildman–Crippen LogP) is 12.6. The van der Waals surface area contributed by atoms with E-state index in [1.54, 1.807) is 0 Å². The van der Waals surface area contributed by atoms with Gasteiger partial charge in [-0.25, -0.2) is 0 Å². The second-order valence-electron chi connectivity index (χ2n) is 12.4. The first kappa shape index (κ1) is 37.4. The third-order valence-corrected chi connectivity index (χ3v) is 17.1. The quantitative estimate of drug-likeness (QED) is 0.0996. The molecule has 0 fully saturated rings. The van der Waals surface area contributed by atoms with Gasteiger partial charge in [0.1, 0.15) is 16.4 Å². The first-order valence-corrected chi connectivity index (χ1v) is 22.8. The molecule has 0 saturated heterocycles. The van der Waals surface area contributed by atoms with Crippen molar-refractivity contribution < 1.29 is 27.1 Å². The highest BCUT2D eigenvalue weighted by Gasteiger charge is 2.75. The molecule has 6 aromatic carbocycles. The van der Waals surface area contributed by atoms with E-state index < -0.39 is 23.7 Å². The molecule has 0 aromatic heterocycles. The van der Waals surface area contributed by atoms with Crippen LogP contribution in [0.25, 0.3) is 0 Å². The van der Waals surface area contributed by atoms with E-state index in [0.29, 0.717) is 34.5 Å². The van der Waals surface area contributed by atoms with Gasteiger partial charge in [-0.3, -0.25) is 18.1 Å². The highest BCUT2D eigenvalue weighted by molar-refractivity contribution is 7.89. The van der Waals surface area contributed by atoms with Crippen molar-refractivity contribution in [1.82, 2.24) is 9.72 Å². The molecule has 54 heavy (non-hydrogen) atoms. The Kier molecular flexibility index (Phi) is 11.8. The number of rotatable bonds is 15. The Labute approximate surface area is 319 Å². The summed E-state index contributed by atoms with van der Waals surface area (Å²) < 4.78 is 47.6. The largest absolute Gasteiger partial charge is 0.617 e. The van der Waals surface area contributed by atoms with E-state index in [9.17, 15) is 0 Å². The van der Waals surface area contributed by atoms with Gasteiger partial charge in [-0.15, -0.1) is 0 Å². The average molecular weight is 780 g/mol. The summed E-state index contributed by atoms with van der Waals surface area (Å²) in [6, 6.07) is 52.1. The second kappa shape index (κ2) is 17.1. The van der Waals surface area contributed by atoms with E-state index in [0.717, 1.165) is 36.0 Å². The van der Waals surface area contributed by atoms with Crippen molar-refractivity contribution in [3.63, 3.8) is 0 Å². The molecular formula is C42H44N3O6P3+2. The van der Waals surface area contributed by atoms with E-state index in [1.807, 2.05) is 146 Å². The van der Waals surface area contributed by atoms with E-state index in [4.69, 9.17) is 31.7 Å². The van der Waals surface area contributed by atoms with Gasteiger partial charge in [0.15, 0.2) is 23.0 Å². The lowest BCUT2D eigenvalue weighted by molar-refractivity contribution is 0.403. The molecule has 9 nitrogen and oxygen atoms in total. The van der Waals surface area contributed by atoms with Crippen molar-refractivity contribution in [3.8, 4) is 34.5 Å². The number of hydrogen-bond donors (Lipinski definition) is 2. The summed E-state index contributed by atoms with van der Waals surface area (Å²) >= 11 is 0. The van der Waals surface area contributed by atoms with Gasteiger partial charge in [0, 0.05) is 4.86 Å². The summed E-state index contributed by atoms with van der Waals surface area (Å²) in [5, 5.41) is 0. The number of nitrogens with zero attached hydrogens (tertiary/aromatic N) is 1. The first-order chi connectivity index (χ1) is 26.4. The number of aryl methyl sites for hydroxylation is 3. The van der Waals surface area contributed by atoms with E-state index in [-0.39, 0.29) is 0 Å². The molecule has 1 aliphatic rings. The van der Waals surface area contributed by atoms with Gasteiger partial charge < -0.3 is 9.05 Å². The Bertz CT molecular complexity index is 2200. The van der Waals surface area contributed by atoms with Crippen molar-refractivity contribution in [2.75, 3.05) is 0 Å². The molecule has 6 aromatic rings. The SMILES string of the molecule is CCc1cccc(OP2(Oc3ccccc3)=N[P+](Oc3ccccc3)(Oc3cccc(CC)c3)N[P+](Oc3ccccc3)(Oc3cccc(CC)c3)N2)c1. The summed E-state index contributed by atoms with van der Waals surface area (Å²) in [5.74, 6) is 3.24.